The van der Waals surface area contributed by atoms with Gasteiger partial charge in [0.05, 0.1) is 19.3 Å². The van der Waals surface area contributed by atoms with Gasteiger partial charge < -0.3 is 19.8 Å². The average Bonchev–Trinajstić information content (AvgIpc) is 3.27. The minimum Gasteiger partial charge on any atom is -0.507 e. The molecule has 4 rings (SSSR count). The summed E-state index contributed by atoms with van der Waals surface area (Å²) in [5, 5.41) is 27.0. The van der Waals surface area contributed by atoms with Crippen molar-refractivity contribution in [1.29, 1.82) is 0 Å². The molecule has 0 saturated carbocycles. The first kappa shape index (κ1) is 19.0. The van der Waals surface area contributed by atoms with Crippen molar-refractivity contribution in [3.63, 3.8) is 0 Å². The Morgan fingerprint density at radius 3 is 2.79 bits per heavy atom. The van der Waals surface area contributed by atoms with Crippen molar-refractivity contribution in [2.45, 2.75) is 19.4 Å². The van der Waals surface area contributed by atoms with Crippen LogP contribution in [0.4, 0.5) is 0 Å². The molecule has 7 heteroatoms. The lowest BCUT2D eigenvalue weighted by molar-refractivity contribution is 0.0706. The number of β-amino-alcohol motifs (C(OH)–C–C–N with tert-alkyl or cyclic N) is 1. The number of aromatic nitrogens is 2. The molecule has 3 aromatic rings. The summed E-state index contributed by atoms with van der Waals surface area (Å²) < 4.78 is 5.76. The molecule has 1 aliphatic heterocycles. The number of hydrogen-bond acceptors (Lipinski definition) is 5. The van der Waals surface area contributed by atoms with Crippen molar-refractivity contribution in [2.24, 2.45) is 0 Å². The number of carbonyl (C=O) groups is 1. The van der Waals surface area contributed by atoms with Crippen molar-refractivity contribution in [1.82, 2.24) is 15.1 Å². The topological polar surface area (TPSA) is 98.7 Å². The van der Waals surface area contributed by atoms with Crippen LogP contribution in [0, 0.1) is 0 Å². The van der Waals surface area contributed by atoms with E-state index in [9.17, 15) is 15.0 Å². The summed E-state index contributed by atoms with van der Waals surface area (Å²) in [7, 11) is 0. The third-order valence-electron chi connectivity index (χ3n) is 5.01. The number of ether oxygens (including phenoxy) is 1. The van der Waals surface area contributed by atoms with Crippen LogP contribution >= 0.6 is 0 Å². The fraction of sp³-hybridized carbons (Fsp3) is 0.273. The summed E-state index contributed by atoms with van der Waals surface area (Å²) in [6, 6.07) is 14.1. The van der Waals surface area contributed by atoms with Gasteiger partial charge in [0.15, 0.2) is 0 Å². The van der Waals surface area contributed by atoms with Gasteiger partial charge in [-0.1, -0.05) is 31.2 Å². The van der Waals surface area contributed by atoms with Gasteiger partial charge in [0.1, 0.15) is 22.9 Å². The highest BCUT2D eigenvalue weighted by Gasteiger charge is 2.42. The molecule has 1 aromatic heterocycles. The van der Waals surface area contributed by atoms with Crippen LogP contribution < -0.4 is 4.74 Å². The Hall–Kier alpha value is -3.32. The van der Waals surface area contributed by atoms with Gasteiger partial charge in [-0.3, -0.25) is 9.89 Å². The standard InChI is InChI=1S/C22H23N3O4/c1-2-12-29-15-7-5-6-14(13-15)21-18-19(16-8-3-4-9-17(16)27)23-24-20(18)22(28)25(21)10-11-26/h3-9,13,21,26-27H,2,10-12H2,1H3,(H,23,24)/t21-/m0/s1. The first-order valence-corrected chi connectivity index (χ1v) is 9.67. The average molecular weight is 393 g/mol. The number of H-pyrrole nitrogens is 1. The Balaban J connectivity index is 1.84. The molecule has 3 N–H and O–H groups in total. The predicted molar refractivity (Wildman–Crippen MR) is 108 cm³/mol. The number of aromatic amines is 1. The number of para-hydroxylation sites is 1. The van der Waals surface area contributed by atoms with Crippen molar-refractivity contribution in [3.8, 4) is 22.8 Å². The first-order valence-electron chi connectivity index (χ1n) is 9.67. The first-order chi connectivity index (χ1) is 14.2. The number of aromatic hydroxyl groups is 1. The number of carbonyl (C=O) groups excluding carboxylic acids is 1. The Bertz CT molecular complexity index is 1030. The van der Waals surface area contributed by atoms with Crippen LogP contribution in [0.3, 0.4) is 0 Å². The molecule has 0 unspecified atom stereocenters. The molecule has 2 aromatic carbocycles. The zero-order chi connectivity index (χ0) is 20.4. The number of rotatable bonds is 7. The molecule has 0 bridgehead atoms. The Morgan fingerprint density at radius 1 is 1.21 bits per heavy atom. The van der Waals surface area contributed by atoms with E-state index in [-0.39, 0.29) is 24.8 Å². The Kier molecular flexibility index (Phi) is 5.22. The third-order valence-corrected chi connectivity index (χ3v) is 5.01. The number of phenolic OH excluding ortho intramolecular Hbond substituents is 1. The predicted octanol–water partition coefficient (Wildman–Crippen LogP) is 3.11. The van der Waals surface area contributed by atoms with Gasteiger partial charge in [-0.05, 0) is 36.2 Å². The van der Waals surface area contributed by atoms with Gasteiger partial charge in [-0.15, -0.1) is 0 Å². The van der Waals surface area contributed by atoms with Crippen LogP contribution in [0.15, 0.2) is 48.5 Å². The SMILES string of the molecule is CCCOc1cccc([C@H]2c3c(-c4ccccc4O)n[nH]c3C(=O)N2CCO)c1. The van der Waals surface area contributed by atoms with Crippen LogP contribution in [0.2, 0.25) is 0 Å². The van der Waals surface area contributed by atoms with Gasteiger partial charge in [-0.25, -0.2) is 0 Å². The van der Waals surface area contributed by atoms with Crippen LogP contribution in [0.1, 0.15) is 41.0 Å². The van der Waals surface area contributed by atoms with Crippen LogP contribution in [-0.2, 0) is 0 Å². The highest BCUT2D eigenvalue weighted by molar-refractivity contribution is 6.00. The second-order valence-corrected chi connectivity index (χ2v) is 6.92. The van der Waals surface area contributed by atoms with E-state index < -0.39 is 6.04 Å². The van der Waals surface area contributed by atoms with Gasteiger partial charge in [0.2, 0.25) is 0 Å². The monoisotopic (exact) mass is 393 g/mol. The molecule has 0 fully saturated rings. The summed E-state index contributed by atoms with van der Waals surface area (Å²) in [5.74, 6) is 0.587. The van der Waals surface area contributed by atoms with Gasteiger partial charge in [0, 0.05) is 17.7 Å². The van der Waals surface area contributed by atoms with E-state index in [0.717, 1.165) is 17.7 Å². The highest BCUT2D eigenvalue weighted by Crippen LogP contribution is 2.44. The molecule has 0 spiro atoms. The number of fused-ring (bicyclic) bond motifs is 1. The number of hydrogen-bond donors (Lipinski definition) is 3. The molecule has 150 valence electrons. The molecular formula is C22H23N3O4. The zero-order valence-electron chi connectivity index (χ0n) is 16.1. The maximum absolute atomic E-state index is 13.0. The van der Waals surface area contributed by atoms with Crippen LogP contribution in [-0.4, -0.2) is 51.0 Å². The summed E-state index contributed by atoms with van der Waals surface area (Å²) in [6.07, 6.45) is 0.895. The van der Waals surface area contributed by atoms with Crippen molar-refractivity contribution < 1.29 is 19.7 Å². The van der Waals surface area contributed by atoms with Crippen LogP contribution in [0.5, 0.6) is 11.5 Å². The number of phenols is 1. The number of nitrogens with one attached hydrogen (secondary N) is 1. The molecule has 29 heavy (non-hydrogen) atoms. The number of nitrogens with zero attached hydrogens (tertiary/aromatic N) is 2. The molecule has 0 saturated heterocycles. The van der Waals surface area contributed by atoms with Crippen molar-refractivity contribution in [3.05, 3.63) is 65.4 Å². The second kappa shape index (κ2) is 7.97. The number of amides is 1. The molecular weight excluding hydrogens is 370 g/mol. The minimum absolute atomic E-state index is 0.0913. The Morgan fingerprint density at radius 2 is 2.03 bits per heavy atom. The second-order valence-electron chi connectivity index (χ2n) is 6.92. The Labute approximate surface area is 168 Å². The molecule has 1 aliphatic rings. The summed E-state index contributed by atoms with van der Waals surface area (Å²) in [4.78, 5) is 14.6. The molecule has 1 atom stereocenters. The number of aliphatic hydroxyl groups excluding tert-OH is 1. The molecule has 0 aliphatic carbocycles. The number of benzene rings is 2. The lowest BCUT2D eigenvalue weighted by Gasteiger charge is -2.26. The maximum atomic E-state index is 13.0. The summed E-state index contributed by atoms with van der Waals surface area (Å²) >= 11 is 0. The van der Waals surface area contributed by atoms with Gasteiger partial charge >= 0.3 is 0 Å². The lowest BCUT2D eigenvalue weighted by atomic mass is 9.95. The normalized spacial score (nSPS) is 15.6. The maximum Gasteiger partial charge on any atom is 0.273 e. The van der Waals surface area contributed by atoms with Crippen molar-refractivity contribution >= 4 is 5.91 Å². The smallest absolute Gasteiger partial charge is 0.273 e. The summed E-state index contributed by atoms with van der Waals surface area (Å²) in [5.41, 5.74) is 3.00. The van der Waals surface area contributed by atoms with E-state index in [1.165, 1.54) is 0 Å². The van der Waals surface area contributed by atoms with E-state index in [4.69, 9.17) is 4.74 Å². The zero-order valence-corrected chi connectivity index (χ0v) is 16.1. The number of aliphatic hydroxyl groups is 1. The summed E-state index contributed by atoms with van der Waals surface area (Å²) in [6.45, 7) is 2.68. The van der Waals surface area contributed by atoms with E-state index in [1.807, 2.05) is 37.3 Å². The quantitative estimate of drug-likeness (QED) is 0.573. The van der Waals surface area contributed by atoms with E-state index in [2.05, 4.69) is 10.2 Å². The van der Waals surface area contributed by atoms with Gasteiger partial charge in [0.25, 0.3) is 5.91 Å². The molecule has 0 radical (unpaired) electrons. The molecule has 7 nitrogen and oxygen atoms in total. The van der Waals surface area contributed by atoms with Crippen LogP contribution in [0.25, 0.3) is 11.3 Å². The fourth-order valence-electron chi connectivity index (χ4n) is 3.76. The highest BCUT2D eigenvalue weighted by atomic mass is 16.5. The molecule has 1 amide bonds. The van der Waals surface area contributed by atoms with E-state index in [1.54, 1.807) is 23.1 Å². The van der Waals surface area contributed by atoms with Gasteiger partial charge in [-0.2, -0.15) is 5.10 Å². The minimum atomic E-state index is -0.441. The van der Waals surface area contributed by atoms with E-state index >= 15 is 0 Å². The lowest BCUT2D eigenvalue weighted by Crippen LogP contribution is -2.32. The largest absolute Gasteiger partial charge is 0.507 e. The van der Waals surface area contributed by atoms with E-state index in [0.29, 0.717) is 29.1 Å². The van der Waals surface area contributed by atoms with Crippen molar-refractivity contribution in [2.75, 3.05) is 19.8 Å². The fourth-order valence-corrected chi connectivity index (χ4v) is 3.76. The molecule has 2 heterocycles. The third kappa shape index (κ3) is 3.34.